The normalized spacial score (nSPS) is 11.7. The Bertz CT molecular complexity index is 1830. The molecule has 7 rings (SSSR count). The predicted molar refractivity (Wildman–Crippen MR) is 155 cm³/mol. The van der Waals surface area contributed by atoms with Gasteiger partial charge in [-0.1, -0.05) is 58.4 Å². The number of hydrogen-bond donors (Lipinski definition) is 0. The van der Waals surface area contributed by atoms with Crippen LogP contribution in [0.4, 0.5) is 17.1 Å². The van der Waals surface area contributed by atoms with Gasteiger partial charge >= 0.3 is 0 Å². The van der Waals surface area contributed by atoms with Crippen molar-refractivity contribution < 1.29 is 0 Å². The van der Waals surface area contributed by atoms with Crippen LogP contribution in [0.25, 0.3) is 40.3 Å². The van der Waals surface area contributed by atoms with Crippen molar-refractivity contribution in [1.82, 2.24) is 0 Å². The second kappa shape index (κ2) is 7.95. The first-order valence-electron chi connectivity index (χ1n) is 11.1. The molecule has 2 aromatic heterocycles. The van der Waals surface area contributed by atoms with Gasteiger partial charge in [0, 0.05) is 61.9 Å². The van der Waals surface area contributed by atoms with E-state index >= 15 is 0 Å². The Morgan fingerprint density at radius 2 is 1.06 bits per heavy atom. The van der Waals surface area contributed by atoms with Crippen molar-refractivity contribution in [2.45, 2.75) is 0 Å². The SMILES string of the molecule is Brc1ccc2sc3cc(N(c4ccccc4)c4ccc5sc6ccccc6c5c4)ccc3c2c1. The molecule has 0 radical (unpaired) electrons. The fraction of sp³-hybridized carbons (Fsp3) is 0. The minimum Gasteiger partial charge on any atom is -0.310 e. The number of para-hydroxylation sites is 1. The van der Waals surface area contributed by atoms with E-state index in [0.29, 0.717) is 0 Å². The lowest BCUT2D eigenvalue weighted by Gasteiger charge is -2.25. The summed E-state index contributed by atoms with van der Waals surface area (Å²) in [6.07, 6.45) is 0. The van der Waals surface area contributed by atoms with Crippen molar-refractivity contribution in [2.75, 3.05) is 4.90 Å². The topological polar surface area (TPSA) is 3.24 Å². The molecule has 34 heavy (non-hydrogen) atoms. The predicted octanol–water partition coefficient (Wildman–Crippen LogP) is 10.7. The van der Waals surface area contributed by atoms with Crippen LogP contribution < -0.4 is 4.90 Å². The van der Waals surface area contributed by atoms with Crippen molar-refractivity contribution >= 4 is 96.0 Å². The maximum Gasteiger partial charge on any atom is 0.0476 e. The molecule has 162 valence electrons. The maximum absolute atomic E-state index is 3.63. The lowest BCUT2D eigenvalue weighted by atomic mass is 10.1. The van der Waals surface area contributed by atoms with E-state index in [1.807, 2.05) is 22.7 Å². The van der Waals surface area contributed by atoms with Crippen molar-refractivity contribution in [1.29, 1.82) is 0 Å². The van der Waals surface area contributed by atoms with Crippen LogP contribution in [0.5, 0.6) is 0 Å². The lowest BCUT2D eigenvalue weighted by Crippen LogP contribution is -2.09. The smallest absolute Gasteiger partial charge is 0.0476 e. The molecule has 5 aromatic carbocycles. The maximum atomic E-state index is 3.63. The van der Waals surface area contributed by atoms with Crippen LogP contribution in [0.15, 0.2) is 114 Å². The summed E-state index contributed by atoms with van der Waals surface area (Å²) >= 11 is 7.34. The fourth-order valence-electron chi connectivity index (χ4n) is 4.75. The van der Waals surface area contributed by atoms with Crippen molar-refractivity contribution in [3.05, 3.63) is 114 Å². The molecule has 1 nitrogen and oxygen atoms in total. The third kappa shape index (κ3) is 3.25. The van der Waals surface area contributed by atoms with Crippen LogP contribution in [0.2, 0.25) is 0 Å². The van der Waals surface area contributed by atoms with Crippen LogP contribution in [0, 0.1) is 0 Å². The van der Waals surface area contributed by atoms with Crippen LogP contribution in [-0.4, -0.2) is 0 Å². The molecule has 0 N–H and O–H groups in total. The Labute approximate surface area is 213 Å². The van der Waals surface area contributed by atoms with E-state index in [4.69, 9.17) is 0 Å². The van der Waals surface area contributed by atoms with Gasteiger partial charge in [-0.15, -0.1) is 22.7 Å². The Kier molecular flexibility index (Phi) is 4.73. The first kappa shape index (κ1) is 20.2. The molecule has 4 heteroatoms. The van der Waals surface area contributed by atoms with Crippen molar-refractivity contribution in [2.24, 2.45) is 0 Å². The largest absolute Gasteiger partial charge is 0.310 e. The summed E-state index contributed by atoms with van der Waals surface area (Å²) in [7, 11) is 0. The third-order valence-corrected chi connectivity index (χ3v) is 9.09. The monoisotopic (exact) mass is 535 g/mol. The highest BCUT2D eigenvalue weighted by Crippen LogP contribution is 2.43. The summed E-state index contributed by atoms with van der Waals surface area (Å²) in [6.45, 7) is 0. The van der Waals surface area contributed by atoms with Gasteiger partial charge in [0.25, 0.3) is 0 Å². The number of halogens is 1. The minimum absolute atomic E-state index is 1.12. The van der Waals surface area contributed by atoms with E-state index in [0.717, 1.165) is 10.2 Å². The molecule has 2 heterocycles. The average Bonchev–Trinajstić information content (AvgIpc) is 3.42. The number of thiophene rings is 2. The zero-order valence-corrected chi connectivity index (χ0v) is 21.3. The van der Waals surface area contributed by atoms with E-state index in [1.54, 1.807) is 0 Å². The first-order chi connectivity index (χ1) is 16.7. The van der Waals surface area contributed by atoms with Gasteiger partial charge in [-0.2, -0.15) is 0 Å². The highest BCUT2D eigenvalue weighted by atomic mass is 79.9. The molecule has 0 aliphatic heterocycles. The summed E-state index contributed by atoms with van der Waals surface area (Å²) in [5, 5.41) is 5.24. The molecule has 0 aliphatic carbocycles. The number of anilines is 3. The molecule has 0 aliphatic rings. The molecular formula is C30H18BrNS2. The molecule has 0 saturated carbocycles. The van der Waals surface area contributed by atoms with E-state index < -0.39 is 0 Å². The third-order valence-electron chi connectivity index (χ3n) is 6.31. The van der Waals surface area contributed by atoms with Gasteiger partial charge in [0.15, 0.2) is 0 Å². The Balaban J connectivity index is 1.46. The van der Waals surface area contributed by atoms with Crippen LogP contribution >= 0.6 is 38.6 Å². The van der Waals surface area contributed by atoms with Crippen molar-refractivity contribution in [3.8, 4) is 0 Å². The van der Waals surface area contributed by atoms with Gasteiger partial charge in [0.2, 0.25) is 0 Å². The first-order valence-corrected chi connectivity index (χ1v) is 13.6. The fourth-order valence-corrected chi connectivity index (χ4v) is 7.32. The van der Waals surface area contributed by atoms with E-state index in [-0.39, 0.29) is 0 Å². The summed E-state index contributed by atoms with van der Waals surface area (Å²) in [5.41, 5.74) is 3.50. The molecule has 0 bridgehead atoms. The quantitative estimate of drug-likeness (QED) is 0.217. The van der Waals surface area contributed by atoms with Gasteiger partial charge in [0.1, 0.15) is 0 Å². The number of nitrogens with zero attached hydrogens (tertiary/aromatic N) is 1. The van der Waals surface area contributed by atoms with Crippen LogP contribution in [0.1, 0.15) is 0 Å². The number of rotatable bonds is 3. The molecular weight excluding hydrogens is 518 g/mol. The molecule has 7 aromatic rings. The second-order valence-electron chi connectivity index (χ2n) is 8.37. The zero-order chi connectivity index (χ0) is 22.6. The Morgan fingerprint density at radius 1 is 0.441 bits per heavy atom. The zero-order valence-electron chi connectivity index (χ0n) is 18.0. The highest BCUT2D eigenvalue weighted by Gasteiger charge is 2.16. The second-order valence-corrected chi connectivity index (χ2v) is 11.5. The number of benzene rings is 5. The van der Waals surface area contributed by atoms with Crippen LogP contribution in [0.3, 0.4) is 0 Å². The van der Waals surface area contributed by atoms with Gasteiger partial charge in [-0.25, -0.2) is 0 Å². The molecule has 0 fully saturated rings. The van der Waals surface area contributed by atoms with Crippen molar-refractivity contribution in [3.63, 3.8) is 0 Å². The summed E-state index contributed by atoms with van der Waals surface area (Å²) in [6, 6.07) is 39.6. The standard InChI is InChI=1S/C30H18BrNS2/c31-19-10-14-28-25(16-19)24-13-11-22(18-30(24)34-28)32(20-6-2-1-3-7-20)21-12-15-29-26(17-21)23-8-4-5-9-27(23)33-29/h1-18H. The number of hydrogen-bond acceptors (Lipinski definition) is 3. The molecule has 0 saturated heterocycles. The lowest BCUT2D eigenvalue weighted by molar-refractivity contribution is 1.30. The van der Waals surface area contributed by atoms with E-state index in [9.17, 15) is 0 Å². The Morgan fingerprint density at radius 3 is 1.94 bits per heavy atom. The molecule has 0 amide bonds. The minimum atomic E-state index is 1.12. The summed E-state index contributed by atoms with van der Waals surface area (Å²) in [4.78, 5) is 2.37. The van der Waals surface area contributed by atoms with Crippen LogP contribution in [-0.2, 0) is 0 Å². The highest BCUT2D eigenvalue weighted by molar-refractivity contribution is 9.10. The van der Waals surface area contributed by atoms with Gasteiger partial charge in [0.05, 0.1) is 0 Å². The van der Waals surface area contributed by atoms with E-state index in [2.05, 4.69) is 130 Å². The van der Waals surface area contributed by atoms with E-state index in [1.165, 1.54) is 51.7 Å². The summed E-state index contributed by atoms with van der Waals surface area (Å²) < 4.78 is 6.38. The molecule has 0 atom stereocenters. The van der Waals surface area contributed by atoms with Gasteiger partial charge in [-0.05, 0) is 66.7 Å². The molecule has 0 spiro atoms. The number of fused-ring (bicyclic) bond motifs is 6. The average molecular weight is 537 g/mol. The van der Waals surface area contributed by atoms with Gasteiger partial charge in [-0.3, -0.25) is 0 Å². The Hall–Kier alpha value is -3.18. The molecule has 0 unspecified atom stereocenters. The summed E-state index contributed by atoms with van der Waals surface area (Å²) in [5.74, 6) is 0. The van der Waals surface area contributed by atoms with Gasteiger partial charge < -0.3 is 4.90 Å².